The number of hydrogen-bond donors (Lipinski definition) is 2. The first-order valence-corrected chi connectivity index (χ1v) is 5.21. The lowest BCUT2D eigenvalue weighted by Gasteiger charge is -2.18. The standard InChI is InChI=1S/C11H19N3O/c1-5-9-6-10(14-8(2)13-9)12-7-11(3,4)15/h6,15H,5,7H2,1-4H3,(H,12,13,14). The molecule has 4 heteroatoms. The Labute approximate surface area is 90.8 Å². The minimum atomic E-state index is -0.731. The molecule has 0 aliphatic heterocycles. The van der Waals surface area contributed by atoms with Gasteiger partial charge in [-0.25, -0.2) is 9.97 Å². The Hall–Kier alpha value is -1.16. The quantitative estimate of drug-likeness (QED) is 0.789. The van der Waals surface area contributed by atoms with Crippen molar-refractivity contribution in [1.29, 1.82) is 0 Å². The van der Waals surface area contributed by atoms with Gasteiger partial charge in [0.15, 0.2) is 0 Å². The smallest absolute Gasteiger partial charge is 0.130 e. The van der Waals surface area contributed by atoms with E-state index >= 15 is 0 Å². The Kier molecular flexibility index (Phi) is 3.63. The van der Waals surface area contributed by atoms with Gasteiger partial charge in [0.25, 0.3) is 0 Å². The van der Waals surface area contributed by atoms with Crippen LogP contribution in [0, 0.1) is 6.92 Å². The highest BCUT2D eigenvalue weighted by molar-refractivity contribution is 5.36. The van der Waals surface area contributed by atoms with Gasteiger partial charge in [0, 0.05) is 18.3 Å². The SMILES string of the molecule is CCc1cc(NCC(C)(C)O)nc(C)n1. The number of hydrogen-bond acceptors (Lipinski definition) is 4. The van der Waals surface area contributed by atoms with Crippen LogP contribution in [-0.4, -0.2) is 27.2 Å². The summed E-state index contributed by atoms with van der Waals surface area (Å²) >= 11 is 0. The van der Waals surface area contributed by atoms with Gasteiger partial charge in [-0.15, -0.1) is 0 Å². The summed E-state index contributed by atoms with van der Waals surface area (Å²) in [6, 6.07) is 1.92. The number of rotatable bonds is 4. The molecule has 1 aromatic rings. The minimum absolute atomic E-state index is 0.479. The molecule has 0 aliphatic rings. The lowest BCUT2D eigenvalue weighted by atomic mass is 10.1. The lowest BCUT2D eigenvalue weighted by Crippen LogP contribution is -2.29. The average molecular weight is 209 g/mol. The van der Waals surface area contributed by atoms with Crippen molar-refractivity contribution >= 4 is 5.82 Å². The highest BCUT2D eigenvalue weighted by Crippen LogP contribution is 2.09. The third kappa shape index (κ3) is 4.25. The summed E-state index contributed by atoms with van der Waals surface area (Å²) in [5.41, 5.74) is 0.284. The maximum Gasteiger partial charge on any atom is 0.130 e. The Morgan fingerprint density at radius 3 is 2.60 bits per heavy atom. The highest BCUT2D eigenvalue weighted by atomic mass is 16.3. The third-order valence-electron chi connectivity index (χ3n) is 1.96. The predicted molar refractivity (Wildman–Crippen MR) is 60.9 cm³/mol. The molecule has 0 bridgehead atoms. The molecular formula is C11H19N3O. The van der Waals surface area contributed by atoms with E-state index in [2.05, 4.69) is 22.2 Å². The molecule has 0 atom stereocenters. The maximum absolute atomic E-state index is 9.57. The molecular weight excluding hydrogens is 190 g/mol. The number of aromatic nitrogens is 2. The van der Waals surface area contributed by atoms with Gasteiger partial charge in [0.1, 0.15) is 11.6 Å². The van der Waals surface area contributed by atoms with E-state index in [-0.39, 0.29) is 0 Å². The molecule has 0 unspecified atom stereocenters. The zero-order chi connectivity index (χ0) is 11.5. The second kappa shape index (κ2) is 4.57. The van der Waals surface area contributed by atoms with E-state index in [4.69, 9.17) is 0 Å². The normalized spacial score (nSPS) is 11.5. The monoisotopic (exact) mass is 209 g/mol. The van der Waals surface area contributed by atoms with Gasteiger partial charge in [0.05, 0.1) is 5.60 Å². The van der Waals surface area contributed by atoms with Crippen molar-refractivity contribution in [3.63, 3.8) is 0 Å². The molecule has 0 saturated carbocycles. The average Bonchev–Trinajstić information content (AvgIpc) is 2.13. The zero-order valence-corrected chi connectivity index (χ0v) is 9.83. The van der Waals surface area contributed by atoms with Crippen molar-refractivity contribution in [1.82, 2.24) is 9.97 Å². The molecule has 0 saturated heterocycles. The van der Waals surface area contributed by atoms with Gasteiger partial charge < -0.3 is 10.4 Å². The van der Waals surface area contributed by atoms with Crippen LogP contribution in [0.25, 0.3) is 0 Å². The van der Waals surface area contributed by atoms with E-state index in [1.807, 2.05) is 13.0 Å². The maximum atomic E-state index is 9.57. The predicted octanol–water partition coefficient (Wildman–Crippen LogP) is 1.53. The van der Waals surface area contributed by atoms with Crippen LogP contribution in [0.15, 0.2) is 6.07 Å². The molecule has 0 amide bonds. The molecule has 2 N–H and O–H groups in total. The Bertz CT molecular complexity index is 331. The van der Waals surface area contributed by atoms with E-state index in [0.29, 0.717) is 6.54 Å². The number of nitrogens with zero attached hydrogens (tertiary/aromatic N) is 2. The Morgan fingerprint density at radius 1 is 1.40 bits per heavy atom. The van der Waals surface area contributed by atoms with Crippen LogP contribution >= 0.6 is 0 Å². The zero-order valence-electron chi connectivity index (χ0n) is 9.83. The molecule has 1 aromatic heterocycles. The number of anilines is 1. The summed E-state index contributed by atoms with van der Waals surface area (Å²) in [6.07, 6.45) is 0.889. The van der Waals surface area contributed by atoms with Gasteiger partial charge in [-0.1, -0.05) is 6.92 Å². The van der Waals surface area contributed by atoms with Gasteiger partial charge in [-0.2, -0.15) is 0 Å². The highest BCUT2D eigenvalue weighted by Gasteiger charge is 2.12. The first-order valence-electron chi connectivity index (χ1n) is 5.21. The van der Waals surface area contributed by atoms with E-state index < -0.39 is 5.60 Å². The van der Waals surface area contributed by atoms with Crippen LogP contribution in [0.1, 0.15) is 32.3 Å². The van der Waals surface area contributed by atoms with Crippen molar-refractivity contribution in [2.45, 2.75) is 39.7 Å². The van der Waals surface area contributed by atoms with Gasteiger partial charge in [-0.05, 0) is 27.2 Å². The lowest BCUT2D eigenvalue weighted by molar-refractivity contribution is 0.0944. The van der Waals surface area contributed by atoms with Crippen molar-refractivity contribution in [3.8, 4) is 0 Å². The van der Waals surface area contributed by atoms with Crippen LogP contribution in [0.2, 0.25) is 0 Å². The fourth-order valence-electron chi connectivity index (χ4n) is 1.21. The summed E-state index contributed by atoms with van der Waals surface area (Å²) in [6.45, 7) is 7.92. The summed E-state index contributed by atoms with van der Waals surface area (Å²) in [5.74, 6) is 1.54. The van der Waals surface area contributed by atoms with E-state index in [9.17, 15) is 5.11 Å². The second-order valence-corrected chi connectivity index (χ2v) is 4.31. The molecule has 15 heavy (non-hydrogen) atoms. The van der Waals surface area contributed by atoms with E-state index in [1.165, 1.54) is 0 Å². The number of aryl methyl sites for hydroxylation is 2. The fraction of sp³-hybridized carbons (Fsp3) is 0.636. The van der Waals surface area contributed by atoms with Crippen LogP contribution in [0.3, 0.4) is 0 Å². The molecule has 0 fully saturated rings. The Balaban J connectivity index is 2.73. The third-order valence-corrected chi connectivity index (χ3v) is 1.96. The number of nitrogens with one attached hydrogen (secondary N) is 1. The molecule has 1 rings (SSSR count). The first kappa shape index (κ1) is 11.9. The van der Waals surface area contributed by atoms with Crippen molar-refractivity contribution in [3.05, 3.63) is 17.6 Å². The van der Waals surface area contributed by atoms with Crippen LogP contribution in [-0.2, 0) is 6.42 Å². The van der Waals surface area contributed by atoms with Gasteiger partial charge >= 0.3 is 0 Å². The molecule has 0 aromatic carbocycles. The second-order valence-electron chi connectivity index (χ2n) is 4.31. The molecule has 84 valence electrons. The summed E-state index contributed by atoms with van der Waals surface area (Å²) in [7, 11) is 0. The largest absolute Gasteiger partial charge is 0.389 e. The minimum Gasteiger partial charge on any atom is -0.389 e. The van der Waals surface area contributed by atoms with Crippen molar-refractivity contribution in [2.75, 3.05) is 11.9 Å². The van der Waals surface area contributed by atoms with Crippen LogP contribution in [0.4, 0.5) is 5.82 Å². The molecule has 0 aliphatic carbocycles. The summed E-state index contributed by atoms with van der Waals surface area (Å²) in [5, 5.41) is 12.7. The topological polar surface area (TPSA) is 58.0 Å². The summed E-state index contributed by atoms with van der Waals surface area (Å²) in [4.78, 5) is 8.53. The first-order chi connectivity index (χ1) is 6.90. The van der Waals surface area contributed by atoms with Gasteiger partial charge in [0.2, 0.25) is 0 Å². The van der Waals surface area contributed by atoms with E-state index in [1.54, 1.807) is 13.8 Å². The molecule has 4 nitrogen and oxygen atoms in total. The van der Waals surface area contributed by atoms with Crippen LogP contribution < -0.4 is 5.32 Å². The van der Waals surface area contributed by atoms with Crippen molar-refractivity contribution < 1.29 is 5.11 Å². The molecule has 0 spiro atoms. The fourth-order valence-corrected chi connectivity index (χ4v) is 1.21. The molecule has 0 radical (unpaired) electrons. The van der Waals surface area contributed by atoms with E-state index in [0.717, 1.165) is 23.8 Å². The Morgan fingerprint density at radius 2 is 2.07 bits per heavy atom. The van der Waals surface area contributed by atoms with Crippen molar-refractivity contribution in [2.24, 2.45) is 0 Å². The summed E-state index contributed by atoms with van der Waals surface area (Å²) < 4.78 is 0. The van der Waals surface area contributed by atoms with Gasteiger partial charge in [-0.3, -0.25) is 0 Å². The number of aliphatic hydroxyl groups is 1. The van der Waals surface area contributed by atoms with Crippen LogP contribution in [0.5, 0.6) is 0 Å². The molecule has 1 heterocycles.